The van der Waals surface area contributed by atoms with Gasteiger partial charge in [-0.25, -0.2) is 0 Å². The molecule has 0 heterocycles. The first-order valence-electron chi connectivity index (χ1n) is 4.65. The molecule has 1 N–H and O–H groups in total. The largest absolute Gasteiger partial charge is 0.392 e. The second-order valence-electron chi connectivity index (χ2n) is 3.57. The van der Waals surface area contributed by atoms with Gasteiger partial charge in [0.15, 0.2) is 0 Å². The molecule has 12 heavy (non-hydrogen) atoms. The summed E-state index contributed by atoms with van der Waals surface area (Å²) in [7, 11) is 1.72. The van der Waals surface area contributed by atoms with Crippen LogP contribution in [-0.4, -0.2) is 49.0 Å². The van der Waals surface area contributed by atoms with Crippen LogP contribution in [0.2, 0.25) is 0 Å². The van der Waals surface area contributed by atoms with E-state index in [0.29, 0.717) is 0 Å². The quantitative estimate of drug-likeness (QED) is 0.634. The first-order chi connectivity index (χ1) is 5.74. The molecule has 0 aromatic rings. The van der Waals surface area contributed by atoms with Crippen LogP contribution in [0.4, 0.5) is 0 Å². The molecule has 0 spiro atoms. The summed E-state index contributed by atoms with van der Waals surface area (Å²) >= 11 is 0. The molecule has 0 bridgehead atoms. The second kappa shape index (κ2) is 4.80. The van der Waals surface area contributed by atoms with Gasteiger partial charge in [0.25, 0.3) is 0 Å². The summed E-state index contributed by atoms with van der Waals surface area (Å²) in [6, 6.07) is 0.717. The third-order valence-electron chi connectivity index (χ3n) is 2.14. The molecule has 0 aliphatic heterocycles. The zero-order chi connectivity index (χ0) is 8.97. The van der Waals surface area contributed by atoms with E-state index in [2.05, 4.69) is 4.90 Å². The van der Waals surface area contributed by atoms with Crippen LogP contribution in [0.25, 0.3) is 0 Å². The Hall–Kier alpha value is -0.120. The predicted octanol–water partition coefficient (Wildman–Crippen LogP) is 0.478. The van der Waals surface area contributed by atoms with Crippen LogP contribution in [0.5, 0.6) is 0 Å². The van der Waals surface area contributed by atoms with Crippen molar-refractivity contribution in [1.82, 2.24) is 4.90 Å². The molecule has 1 saturated carbocycles. The Kier molecular flexibility index (Phi) is 3.98. The van der Waals surface area contributed by atoms with E-state index >= 15 is 0 Å². The van der Waals surface area contributed by atoms with E-state index < -0.39 is 0 Å². The average Bonchev–Trinajstić information content (AvgIpc) is 2.79. The van der Waals surface area contributed by atoms with Crippen LogP contribution in [0.3, 0.4) is 0 Å². The van der Waals surface area contributed by atoms with Gasteiger partial charge < -0.3 is 9.84 Å². The van der Waals surface area contributed by atoms with Gasteiger partial charge in [-0.05, 0) is 19.8 Å². The topological polar surface area (TPSA) is 32.7 Å². The van der Waals surface area contributed by atoms with Crippen molar-refractivity contribution in [3.05, 3.63) is 0 Å². The number of aliphatic hydroxyl groups is 1. The number of methoxy groups -OCH3 is 1. The zero-order valence-corrected chi connectivity index (χ0v) is 7.99. The summed E-state index contributed by atoms with van der Waals surface area (Å²) in [5, 5.41) is 9.22. The van der Waals surface area contributed by atoms with Gasteiger partial charge in [0.2, 0.25) is 0 Å². The maximum Gasteiger partial charge on any atom is 0.0639 e. The monoisotopic (exact) mass is 173 g/mol. The predicted molar refractivity (Wildman–Crippen MR) is 48.2 cm³/mol. The lowest BCUT2D eigenvalue weighted by molar-refractivity contribution is 0.0935. The van der Waals surface area contributed by atoms with Crippen LogP contribution in [0.1, 0.15) is 19.8 Å². The molecule has 1 aliphatic rings. The van der Waals surface area contributed by atoms with Crippen molar-refractivity contribution >= 4 is 0 Å². The van der Waals surface area contributed by atoms with E-state index in [4.69, 9.17) is 4.74 Å². The molecule has 0 amide bonds. The molecule has 3 heteroatoms. The zero-order valence-electron chi connectivity index (χ0n) is 7.99. The number of ether oxygens (including phenoxy) is 1. The Morgan fingerprint density at radius 3 is 2.67 bits per heavy atom. The van der Waals surface area contributed by atoms with Crippen molar-refractivity contribution in [1.29, 1.82) is 0 Å². The molecule has 1 fully saturated rings. The fraction of sp³-hybridized carbons (Fsp3) is 1.00. The minimum atomic E-state index is -0.220. The summed E-state index contributed by atoms with van der Waals surface area (Å²) in [4.78, 5) is 2.31. The maximum atomic E-state index is 9.22. The third-order valence-corrected chi connectivity index (χ3v) is 2.14. The Morgan fingerprint density at radius 2 is 2.25 bits per heavy atom. The molecule has 1 atom stereocenters. The molecule has 0 aromatic heterocycles. The van der Waals surface area contributed by atoms with Crippen LogP contribution in [-0.2, 0) is 4.74 Å². The highest BCUT2D eigenvalue weighted by molar-refractivity contribution is 4.85. The normalized spacial score (nSPS) is 20.0. The van der Waals surface area contributed by atoms with E-state index in [0.717, 1.165) is 25.7 Å². The molecule has 1 rings (SSSR count). The fourth-order valence-electron chi connectivity index (χ4n) is 1.41. The van der Waals surface area contributed by atoms with Gasteiger partial charge in [0.1, 0.15) is 0 Å². The van der Waals surface area contributed by atoms with Crippen molar-refractivity contribution in [2.75, 3.05) is 26.8 Å². The van der Waals surface area contributed by atoms with Gasteiger partial charge in [-0.2, -0.15) is 0 Å². The summed E-state index contributed by atoms with van der Waals surface area (Å²) in [5.74, 6) is 0. The van der Waals surface area contributed by atoms with Crippen molar-refractivity contribution in [3.63, 3.8) is 0 Å². The van der Waals surface area contributed by atoms with E-state index in [1.54, 1.807) is 7.11 Å². The summed E-state index contributed by atoms with van der Waals surface area (Å²) in [6.45, 7) is 4.34. The number of nitrogens with zero attached hydrogens (tertiary/aromatic N) is 1. The molecular formula is C9H19NO2. The van der Waals surface area contributed by atoms with Gasteiger partial charge >= 0.3 is 0 Å². The van der Waals surface area contributed by atoms with Gasteiger partial charge in [-0.15, -0.1) is 0 Å². The van der Waals surface area contributed by atoms with E-state index in [-0.39, 0.29) is 6.10 Å². The van der Waals surface area contributed by atoms with Crippen LogP contribution >= 0.6 is 0 Å². The number of hydrogen-bond acceptors (Lipinski definition) is 3. The summed E-state index contributed by atoms with van der Waals surface area (Å²) in [6.07, 6.45) is 2.36. The molecule has 0 unspecified atom stereocenters. The first-order valence-corrected chi connectivity index (χ1v) is 4.65. The van der Waals surface area contributed by atoms with E-state index in [1.165, 1.54) is 12.8 Å². The van der Waals surface area contributed by atoms with E-state index in [9.17, 15) is 5.11 Å². The highest BCUT2D eigenvalue weighted by atomic mass is 16.5. The SMILES string of the molecule is COCCN(C[C@H](C)O)C1CC1. The van der Waals surface area contributed by atoms with Crippen molar-refractivity contribution < 1.29 is 9.84 Å². The Labute approximate surface area is 74.3 Å². The molecule has 0 aromatic carbocycles. The molecule has 1 aliphatic carbocycles. The Balaban J connectivity index is 2.18. The average molecular weight is 173 g/mol. The third kappa shape index (κ3) is 3.52. The van der Waals surface area contributed by atoms with Gasteiger partial charge in [-0.3, -0.25) is 4.90 Å². The second-order valence-corrected chi connectivity index (χ2v) is 3.57. The molecule has 0 saturated heterocycles. The standard InChI is InChI=1S/C9H19NO2/c1-8(11)7-10(5-6-12-2)9-3-4-9/h8-9,11H,3-7H2,1-2H3/t8-/m0/s1. The molecule has 0 radical (unpaired) electrons. The van der Waals surface area contributed by atoms with Crippen LogP contribution < -0.4 is 0 Å². The van der Waals surface area contributed by atoms with Crippen molar-refractivity contribution in [3.8, 4) is 0 Å². The van der Waals surface area contributed by atoms with Crippen LogP contribution in [0, 0.1) is 0 Å². The highest BCUT2D eigenvalue weighted by Gasteiger charge is 2.28. The Morgan fingerprint density at radius 1 is 1.58 bits per heavy atom. The summed E-state index contributed by atoms with van der Waals surface area (Å²) < 4.78 is 5.01. The molecule has 3 nitrogen and oxygen atoms in total. The Bertz CT molecular complexity index is 124. The van der Waals surface area contributed by atoms with Crippen molar-refractivity contribution in [2.45, 2.75) is 31.9 Å². The maximum absolute atomic E-state index is 9.22. The van der Waals surface area contributed by atoms with Crippen LogP contribution in [0.15, 0.2) is 0 Å². The lowest BCUT2D eigenvalue weighted by Gasteiger charge is -2.22. The lowest BCUT2D eigenvalue weighted by atomic mass is 10.3. The molecule has 72 valence electrons. The fourth-order valence-corrected chi connectivity index (χ4v) is 1.41. The van der Waals surface area contributed by atoms with E-state index in [1.807, 2.05) is 6.92 Å². The van der Waals surface area contributed by atoms with Gasteiger partial charge in [0, 0.05) is 26.2 Å². The minimum Gasteiger partial charge on any atom is -0.392 e. The first kappa shape index (κ1) is 9.96. The number of aliphatic hydroxyl groups excluding tert-OH is 1. The van der Waals surface area contributed by atoms with Gasteiger partial charge in [-0.1, -0.05) is 0 Å². The lowest BCUT2D eigenvalue weighted by Crippen LogP contribution is -2.35. The smallest absolute Gasteiger partial charge is 0.0639 e. The number of rotatable bonds is 6. The summed E-state index contributed by atoms with van der Waals surface area (Å²) in [5.41, 5.74) is 0. The van der Waals surface area contributed by atoms with Crippen molar-refractivity contribution in [2.24, 2.45) is 0 Å². The van der Waals surface area contributed by atoms with Gasteiger partial charge in [0.05, 0.1) is 12.7 Å². The highest BCUT2D eigenvalue weighted by Crippen LogP contribution is 2.26. The minimum absolute atomic E-state index is 0.220. The number of hydrogen-bond donors (Lipinski definition) is 1. The molecular weight excluding hydrogens is 154 g/mol.